The second-order valence-electron chi connectivity index (χ2n) is 8.52. The van der Waals surface area contributed by atoms with Crippen LogP contribution in [-0.4, -0.2) is 44.9 Å². The summed E-state index contributed by atoms with van der Waals surface area (Å²) in [5.74, 6) is 0.370. The number of amides is 1. The van der Waals surface area contributed by atoms with Gasteiger partial charge in [0.25, 0.3) is 10.0 Å². The Morgan fingerprint density at radius 3 is 2.70 bits per heavy atom. The average molecular weight is 451 g/mol. The van der Waals surface area contributed by atoms with E-state index in [1.54, 1.807) is 17.5 Å². The first-order valence-corrected chi connectivity index (χ1v) is 12.6. The van der Waals surface area contributed by atoms with Crippen LogP contribution in [0, 0.1) is 5.92 Å². The zero-order chi connectivity index (χ0) is 21.8. The molecule has 1 aliphatic rings. The van der Waals surface area contributed by atoms with E-state index in [0.717, 1.165) is 11.3 Å². The Morgan fingerprint density at radius 2 is 2.00 bits per heavy atom. The third-order valence-electron chi connectivity index (χ3n) is 5.20. The summed E-state index contributed by atoms with van der Waals surface area (Å²) in [7, 11) is -3.52. The molecule has 6 nitrogen and oxygen atoms in total. The first-order valence-electron chi connectivity index (χ1n) is 10.2. The number of piperidine rings is 1. The number of thiophene rings is 1. The Hall–Kier alpha value is -1.90. The maximum Gasteiger partial charge on any atom is 0.252 e. The van der Waals surface area contributed by atoms with E-state index in [0.29, 0.717) is 36.7 Å². The van der Waals surface area contributed by atoms with Crippen molar-refractivity contribution in [2.45, 2.75) is 43.2 Å². The number of carbonyl (C=O) groups is 1. The second-order valence-corrected chi connectivity index (χ2v) is 11.6. The predicted octanol–water partition coefficient (Wildman–Crippen LogP) is 3.64. The molecule has 0 saturated carbocycles. The third kappa shape index (κ3) is 5.42. The van der Waals surface area contributed by atoms with Crippen molar-refractivity contribution in [2.75, 3.05) is 26.2 Å². The normalized spacial score (nSPS) is 18.2. The molecular formula is C22H30N2O4S2. The number of hydrogen-bond acceptors (Lipinski definition) is 5. The van der Waals surface area contributed by atoms with Crippen LogP contribution in [0.5, 0.6) is 5.75 Å². The quantitative estimate of drug-likeness (QED) is 0.654. The molecule has 3 rings (SSSR count). The largest absolute Gasteiger partial charge is 0.491 e. The van der Waals surface area contributed by atoms with Gasteiger partial charge in [-0.2, -0.15) is 4.31 Å². The Balaban J connectivity index is 1.51. The molecule has 2 heterocycles. The molecule has 1 aromatic heterocycles. The molecule has 1 aliphatic heterocycles. The van der Waals surface area contributed by atoms with Crippen LogP contribution in [0.4, 0.5) is 0 Å². The molecule has 8 heteroatoms. The summed E-state index contributed by atoms with van der Waals surface area (Å²) >= 11 is 1.20. The second kappa shape index (κ2) is 9.49. The molecule has 30 heavy (non-hydrogen) atoms. The highest BCUT2D eigenvalue weighted by atomic mass is 32.2. The van der Waals surface area contributed by atoms with E-state index in [9.17, 15) is 13.2 Å². The fourth-order valence-electron chi connectivity index (χ4n) is 3.60. The topological polar surface area (TPSA) is 75.7 Å². The summed E-state index contributed by atoms with van der Waals surface area (Å²) in [6, 6.07) is 11.3. The van der Waals surface area contributed by atoms with Crippen molar-refractivity contribution in [1.82, 2.24) is 9.62 Å². The van der Waals surface area contributed by atoms with Crippen LogP contribution in [0.25, 0.3) is 0 Å². The maximum atomic E-state index is 12.7. The molecular weight excluding hydrogens is 420 g/mol. The lowest BCUT2D eigenvalue weighted by Gasteiger charge is -2.30. The van der Waals surface area contributed by atoms with Crippen molar-refractivity contribution < 1.29 is 17.9 Å². The highest BCUT2D eigenvalue weighted by Gasteiger charge is 2.33. The highest BCUT2D eigenvalue weighted by Crippen LogP contribution is 2.31. The molecule has 1 aromatic carbocycles. The zero-order valence-corrected chi connectivity index (χ0v) is 19.4. The SMILES string of the molecule is CC(C)(C)c1ccccc1OCCNC(=O)[C@@H]1CCCN(S(=O)(=O)c2cccs2)C1. The van der Waals surface area contributed by atoms with Gasteiger partial charge in [0, 0.05) is 13.1 Å². The molecule has 1 atom stereocenters. The zero-order valence-electron chi connectivity index (χ0n) is 17.8. The molecule has 164 valence electrons. The van der Waals surface area contributed by atoms with Crippen LogP contribution >= 0.6 is 11.3 Å². The van der Waals surface area contributed by atoms with Gasteiger partial charge in [-0.1, -0.05) is 45.0 Å². The number of hydrogen-bond donors (Lipinski definition) is 1. The van der Waals surface area contributed by atoms with Gasteiger partial charge in [-0.3, -0.25) is 4.79 Å². The Bertz CT molecular complexity index is 950. The van der Waals surface area contributed by atoms with Gasteiger partial charge in [0.15, 0.2) is 0 Å². The number of benzene rings is 1. The summed E-state index contributed by atoms with van der Waals surface area (Å²) in [6.07, 6.45) is 1.37. The van der Waals surface area contributed by atoms with E-state index in [4.69, 9.17) is 4.74 Å². The van der Waals surface area contributed by atoms with Gasteiger partial charge in [-0.05, 0) is 41.3 Å². The predicted molar refractivity (Wildman–Crippen MR) is 119 cm³/mol. The summed E-state index contributed by atoms with van der Waals surface area (Å²) in [5.41, 5.74) is 1.09. The van der Waals surface area contributed by atoms with Crippen molar-refractivity contribution in [3.05, 3.63) is 47.3 Å². The van der Waals surface area contributed by atoms with Crippen LogP contribution in [0.1, 0.15) is 39.2 Å². The summed E-state index contributed by atoms with van der Waals surface area (Å²) in [5, 5.41) is 4.65. The molecule has 1 fully saturated rings. The highest BCUT2D eigenvalue weighted by molar-refractivity contribution is 7.91. The standard InChI is InChI=1S/C22H30N2O4S2/c1-22(2,3)18-9-4-5-10-19(18)28-14-12-23-21(25)17-8-6-13-24(16-17)30(26,27)20-11-7-15-29-20/h4-5,7,9-11,15,17H,6,8,12-14,16H2,1-3H3,(H,23,25)/t17-/m1/s1. The van der Waals surface area contributed by atoms with Crippen LogP contribution in [0.3, 0.4) is 0 Å². The van der Waals surface area contributed by atoms with E-state index in [1.165, 1.54) is 15.6 Å². The summed E-state index contributed by atoms with van der Waals surface area (Å²) in [4.78, 5) is 12.6. The number of carbonyl (C=O) groups excluding carboxylic acids is 1. The van der Waals surface area contributed by atoms with Crippen LogP contribution in [-0.2, 0) is 20.2 Å². The number of rotatable bonds is 7. The molecule has 1 N–H and O–H groups in total. The van der Waals surface area contributed by atoms with Gasteiger partial charge in [0.1, 0.15) is 16.6 Å². The lowest BCUT2D eigenvalue weighted by Crippen LogP contribution is -2.45. The van der Waals surface area contributed by atoms with Crippen molar-refractivity contribution in [3.8, 4) is 5.75 Å². The van der Waals surface area contributed by atoms with Crippen LogP contribution in [0.15, 0.2) is 46.0 Å². The van der Waals surface area contributed by atoms with Gasteiger partial charge >= 0.3 is 0 Å². The molecule has 0 bridgehead atoms. The van der Waals surface area contributed by atoms with Gasteiger partial charge in [-0.15, -0.1) is 11.3 Å². The first kappa shape index (κ1) is 22.8. The molecule has 0 radical (unpaired) electrons. The van der Waals surface area contributed by atoms with E-state index in [-0.39, 0.29) is 23.8 Å². The molecule has 0 aliphatic carbocycles. The Morgan fingerprint density at radius 1 is 1.23 bits per heavy atom. The molecule has 1 amide bonds. The minimum Gasteiger partial charge on any atom is -0.491 e. The number of sulfonamides is 1. The number of ether oxygens (including phenoxy) is 1. The van der Waals surface area contributed by atoms with Crippen molar-refractivity contribution >= 4 is 27.3 Å². The van der Waals surface area contributed by atoms with E-state index in [2.05, 4.69) is 32.2 Å². The van der Waals surface area contributed by atoms with Crippen molar-refractivity contribution in [3.63, 3.8) is 0 Å². The number of nitrogens with one attached hydrogen (secondary N) is 1. The molecule has 1 saturated heterocycles. The van der Waals surface area contributed by atoms with Gasteiger partial charge < -0.3 is 10.1 Å². The maximum absolute atomic E-state index is 12.7. The summed E-state index contributed by atoms with van der Waals surface area (Å²) in [6.45, 7) is 7.83. The number of nitrogens with zero attached hydrogens (tertiary/aromatic N) is 1. The third-order valence-corrected chi connectivity index (χ3v) is 8.44. The molecule has 2 aromatic rings. The van der Waals surface area contributed by atoms with E-state index < -0.39 is 10.0 Å². The van der Waals surface area contributed by atoms with E-state index in [1.807, 2.05) is 18.2 Å². The first-order chi connectivity index (χ1) is 14.2. The van der Waals surface area contributed by atoms with E-state index >= 15 is 0 Å². The molecule has 0 unspecified atom stereocenters. The lowest BCUT2D eigenvalue weighted by molar-refractivity contribution is -0.126. The summed E-state index contributed by atoms with van der Waals surface area (Å²) < 4.78 is 33.1. The lowest BCUT2D eigenvalue weighted by atomic mass is 9.86. The monoisotopic (exact) mass is 450 g/mol. The van der Waals surface area contributed by atoms with Crippen LogP contribution < -0.4 is 10.1 Å². The minimum absolute atomic E-state index is 0.0283. The van der Waals surface area contributed by atoms with Gasteiger partial charge in [0.05, 0.1) is 12.5 Å². The van der Waals surface area contributed by atoms with Crippen molar-refractivity contribution in [1.29, 1.82) is 0 Å². The Labute approximate surface area is 183 Å². The average Bonchev–Trinajstić information content (AvgIpc) is 3.26. The minimum atomic E-state index is -3.52. The fourth-order valence-corrected chi connectivity index (χ4v) is 6.27. The fraction of sp³-hybridized carbons (Fsp3) is 0.500. The Kier molecular flexibility index (Phi) is 7.21. The number of para-hydroxylation sites is 1. The van der Waals surface area contributed by atoms with Crippen LogP contribution in [0.2, 0.25) is 0 Å². The molecule has 0 spiro atoms. The van der Waals surface area contributed by atoms with Gasteiger partial charge in [-0.25, -0.2) is 8.42 Å². The smallest absolute Gasteiger partial charge is 0.252 e. The van der Waals surface area contributed by atoms with Crippen molar-refractivity contribution in [2.24, 2.45) is 5.92 Å². The van der Waals surface area contributed by atoms with Gasteiger partial charge in [0.2, 0.25) is 5.91 Å².